The summed E-state index contributed by atoms with van der Waals surface area (Å²) in [5.74, 6) is 0.597. The van der Waals surface area contributed by atoms with Crippen LogP contribution in [0.5, 0.6) is 0 Å². The van der Waals surface area contributed by atoms with Crippen molar-refractivity contribution >= 4 is 0 Å². The van der Waals surface area contributed by atoms with Gasteiger partial charge in [0.25, 0.3) is 0 Å². The van der Waals surface area contributed by atoms with Gasteiger partial charge in [-0.3, -0.25) is 0 Å². The Bertz CT molecular complexity index is 416. The van der Waals surface area contributed by atoms with Crippen LogP contribution in [0.1, 0.15) is 82.0 Å². The average Bonchev–Trinajstić information content (AvgIpc) is 2.39. The first kappa shape index (κ1) is 13.6. The standard InChI is InChI=1S/C17H27N/c1-5-17(6-2)10-9-16(18)14-8-7-13(12(3)4)11-15(14)17/h7-8,11-12,16H,5-6,9-10,18H2,1-4H3. The first-order valence-electron chi connectivity index (χ1n) is 7.44. The fourth-order valence-electron chi connectivity index (χ4n) is 3.42. The molecule has 100 valence electrons. The van der Waals surface area contributed by atoms with Gasteiger partial charge in [0.1, 0.15) is 0 Å². The quantitative estimate of drug-likeness (QED) is 0.823. The molecular formula is C17H27N. The van der Waals surface area contributed by atoms with Crippen molar-refractivity contribution in [2.75, 3.05) is 0 Å². The van der Waals surface area contributed by atoms with Gasteiger partial charge in [0.15, 0.2) is 0 Å². The lowest BCUT2D eigenvalue weighted by atomic mass is 9.65. The summed E-state index contributed by atoms with van der Waals surface area (Å²) in [5, 5.41) is 0. The molecule has 1 atom stereocenters. The van der Waals surface area contributed by atoms with E-state index in [0.717, 1.165) is 6.42 Å². The van der Waals surface area contributed by atoms with E-state index in [-0.39, 0.29) is 6.04 Å². The molecule has 2 rings (SSSR count). The normalized spacial score (nSPS) is 22.0. The van der Waals surface area contributed by atoms with Gasteiger partial charge in [-0.25, -0.2) is 0 Å². The molecule has 1 aromatic rings. The van der Waals surface area contributed by atoms with Crippen LogP contribution in [-0.4, -0.2) is 0 Å². The number of benzene rings is 1. The van der Waals surface area contributed by atoms with E-state index in [0.29, 0.717) is 11.3 Å². The van der Waals surface area contributed by atoms with Crippen molar-refractivity contribution in [1.29, 1.82) is 0 Å². The molecule has 1 nitrogen and oxygen atoms in total. The monoisotopic (exact) mass is 245 g/mol. The second-order valence-corrected chi connectivity index (χ2v) is 6.13. The third-order valence-corrected chi connectivity index (χ3v) is 5.00. The largest absolute Gasteiger partial charge is 0.324 e. The predicted octanol–water partition coefficient (Wildman–Crippen LogP) is 4.66. The first-order chi connectivity index (χ1) is 8.54. The van der Waals surface area contributed by atoms with Crippen LogP contribution in [0.25, 0.3) is 0 Å². The highest BCUT2D eigenvalue weighted by atomic mass is 14.7. The van der Waals surface area contributed by atoms with E-state index in [1.165, 1.54) is 36.0 Å². The van der Waals surface area contributed by atoms with Gasteiger partial charge in [0, 0.05) is 6.04 Å². The summed E-state index contributed by atoms with van der Waals surface area (Å²) in [6, 6.07) is 7.23. The van der Waals surface area contributed by atoms with Crippen LogP contribution in [0.2, 0.25) is 0 Å². The van der Waals surface area contributed by atoms with E-state index in [4.69, 9.17) is 5.73 Å². The van der Waals surface area contributed by atoms with Crippen molar-refractivity contribution < 1.29 is 0 Å². The van der Waals surface area contributed by atoms with Gasteiger partial charge in [-0.1, -0.05) is 45.9 Å². The summed E-state index contributed by atoms with van der Waals surface area (Å²) >= 11 is 0. The van der Waals surface area contributed by atoms with Crippen LogP contribution < -0.4 is 5.73 Å². The van der Waals surface area contributed by atoms with Crippen LogP contribution in [0.4, 0.5) is 0 Å². The van der Waals surface area contributed by atoms with Crippen LogP contribution >= 0.6 is 0 Å². The summed E-state index contributed by atoms with van der Waals surface area (Å²) in [7, 11) is 0. The number of rotatable bonds is 3. The van der Waals surface area contributed by atoms with Gasteiger partial charge in [-0.15, -0.1) is 0 Å². The molecule has 0 saturated carbocycles. The Balaban J connectivity index is 2.56. The van der Waals surface area contributed by atoms with Crippen molar-refractivity contribution in [3.05, 3.63) is 34.9 Å². The Morgan fingerprint density at radius 2 is 1.94 bits per heavy atom. The van der Waals surface area contributed by atoms with Gasteiger partial charge in [-0.2, -0.15) is 0 Å². The molecule has 0 radical (unpaired) electrons. The Morgan fingerprint density at radius 1 is 1.28 bits per heavy atom. The number of hydrogen-bond acceptors (Lipinski definition) is 1. The van der Waals surface area contributed by atoms with E-state index in [9.17, 15) is 0 Å². The molecule has 0 bridgehead atoms. The molecule has 0 spiro atoms. The van der Waals surface area contributed by atoms with E-state index in [1.807, 2.05) is 0 Å². The van der Waals surface area contributed by atoms with Crippen LogP contribution in [0, 0.1) is 0 Å². The van der Waals surface area contributed by atoms with E-state index >= 15 is 0 Å². The van der Waals surface area contributed by atoms with E-state index in [1.54, 1.807) is 0 Å². The molecule has 1 aromatic carbocycles. The van der Waals surface area contributed by atoms with Crippen molar-refractivity contribution in [2.45, 2.75) is 70.8 Å². The zero-order valence-corrected chi connectivity index (χ0v) is 12.3. The minimum atomic E-state index is 0.243. The average molecular weight is 245 g/mol. The van der Waals surface area contributed by atoms with Crippen molar-refractivity contribution in [3.63, 3.8) is 0 Å². The highest BCUT2D eigenvalue weighted by Gasteiger charge is 2.36. The predicted molar refractivity (Wildman–Crippen MR) is 79.0 cm³/mol. The first-order valence-corrected chi connectivity index (χ1v) is 7.44. The van der Waals surface area contributed by atoms with Crippen LogP contribution in [0.15, 0.2) is 18.2 Å². The Hall–Kier alpha value is -0.820. The zero-order valence-electron chi connectivity index (χ0n) is 12.3. The van der Waals surface area contributed by atoms with Gasteiger partial charge < -0.3 is 5.73 Å². The molecule has 1 aliphatic rings. The summed E-state index contributed by atoms with van der Waals surface area (Å²) in [4.78, 5) is 0. The molecule has 0 amide bonds. The Morgan fingerprint density at radius 3 is 2.50 bits per heavy atom. The number of nitrogens with two attached hydrogens (primary N) is 1. The van der Waals surface area contributed by atoms with Crippen LogP contribution in [-0.2, 0) is 5.41 Å². The smallest absolute Gasteiger partial charge is 0.0298 e. The van der Waals surface area contributed by atoms with Gasteiger partial charge in [-0.05, 0) is 53.7 Å². The molecule has 0 heterocycles. The zero-order chi connectivity index (χ0) is 13.3. The molecule has 0 saturated heterocycles. The fraction of sp³-hybridized carbons (Fsp3) is 0.647. The fourth-order valence-corrected chi connectivity index (χ4v) is 3.42. The maximum atomic E-state index is 6.30. The van der Waals surface area contributed by atoms with Crippen molar-refractivity contribution in [2.24, 2.45) is 5.73 Å². The maximum absolute atomic E-state index is 6.30. The third-order valence-electron chi connectivity index (χ3n) is 5.00. The number of fused-ring (bicyclic) bond motifs is 1. The van der Waals surface area contributed by atoms with Gasteiger partial charge in [0.2, 0.25) is 0 Å². The Kier molecular flexibility index (Phi) is 3.82. The SMILES string of the molecule is CCC1(CC)CCC(N)c2ccc(C(C)C)cc21. The minimum Gasteiger partial charge on any atom is -0.324 e. The second-order valence-electron chi connectivity index (χ2n) is 6.13. The summed E-state index contributed by atoms with van der Waals surface area (Å²) < 4.78 is 0. The van der Waals surface area contributed by atoms with Crippen LogP contribution in [0.3, 0.4) is 0 Å². The topological polar surface area (TPSA) is 26.0 Å². The lowest BCUT2D eigenvalue weighted by molar-refractivity contribution is 0.314. The second kappa shape index (κ2) is 5.05. The lowest BCUT2D eigenvalue weighted by Gasteiger charge is -2.41. The lowest BCUT2D eigenvalue weighted by Crippen LogP contribution is -2.33. The highest BCUT2D eigenvalue weighted by molar-refractivity contribution is 5.42. The summed E-state index contributed by atoms with van der Waals surface area (Å²) in [6.45, 7) is 9.19. The molecule has 18 heavy (non-hydrogen) atoms. The Labute approximate surface area is 112 Å². The van der Waals surface area contributed by atoms with Gasteiger partial charge in [0.05, 0.1) is 0 Å². The molecule has 2 N–H and O–H groups in total. The van der Waals surface area contributed by atoms with Crippen molar-refractivity contribution in [3.8, 4) is 0 Å². The molecule has 1 heteroatoms. The maximum Gasteiger partial charge on any atom is 0.0298 e. The van der Waals surface area contributed by atoms with Gasteiger partial charge >= 0.3 is 0 Å². The minimum absolute atomic E-state index is 0.243. The van der Waals surface area contributed by atoms with E-state index < -0.39 is 0 Å². The molecule has 0 aliphatic heterocycles. The van der Waals surface area contributed by atoms with Crippen molar-refractivity contribution in [1.82, 2.24) is 0 Å². The third kappa shape index (κ3) is 2.09. The molecule has 0 fully saturated rings. The highest BCUT2D eigenvalue weighted by Crippen LogP contribution is 2.46. The molecule has 1 aliphatic carbocycles. The summed E-state index contributed by atoms with van der Waals surface area (Å²) in [5.41, 5.74) is 11.1. The number of hydrogen-bond donors (Lipinski definition) is 1. The summed E-state index contributed by atoms with van der Waals surface area (Å²) in [6.07, 6.45) is 4.83. The van der Waals surface area contributed by atoms with E-state index in [2.05, 4.69) is 45.9 Å². The molecule has 0 aromatic heterocycles. The molecular weight excluding hydrogens is 218 g/mol. The molecule has 1 unspecified atom stereocenters.